The lowest BCUT2D eigenvalue weighted by Gasteiger charge is -2.39. The van der Waals surface area contributed by atoms with Crippen LogP contribution in [0.2, 0.25) is 0 Å². The molecule has 0 aromatic carbocycles. The fourth-order valence-corrected chi connectivity index (χ4v) is 4.37. The van der Waals surface area contributed by atoms with Crippen molar-refractivity contribution in [3.8, 4) is 0 Å². The predicted molar refractivity (Wildman–Crippen MR) is 54.6 cm³/mol. The minimum Gasteiger partial charge on any atom is -0.364 e. The number of rotatable bonds is 1. The van der Waals surface area contributed by atoms with Gasteiger partial charge in [0.25, 0.3) is 5.91 Å². The number of hydrogen-bond acceptors (Lipinski definition) is 3. The van der Waals surface area contributed by atoms with Crippen LogP contribution in [0, 0.1) is 16.7 Å². The second-order valence-corrected chi connectivity index (χ2v) is 5.78. The summed E-state index contributed by atoms with van der Waals surface area (Å²) in [6.45, 7) is 5.17. The molecule has 3 N–H and O–H groups in total. The van der Waals surface area contributed by atoms with Crippen molar-refractivity contribution in [2.45, 2.75) is 38.7 Å². The zero-order valence-electron chi connectivity index (χ0n) is 9.30. The molecule has 1 aliphatic heterocycles. The lowest BCUT2D eigenvalue weighted by atomic mass is 9.66. The van der Waals surface area contributed by atoms with Crippen LogP contribution in [0.3, 0.4) is 0 Å². The van der Waals surface area contributed by atoms with Crippen LogP contribution >= 0.6 is 0 Å². The molecule has 4 nitrogen and oxygen atoms in total. The van der Waals surface area contributed by atoms with Crippen molar-refractivity contribution in [3.63, 3.8) is 0 Å². The summed E-state index contributed by atoms with van der Waals surface area (Å²) in [6.07, 6.45) is 3.17. The third-order valence-corrected chi connectivity index (χ3v) is 5.70. The number of hydrogen-bond donors (Lipinski definition) is 2. The van der Waals surface area contributed by atoms with Gasteiger partial charge in [-0.05, 0) is 25.2 Å². The van der Waals surface area contributed by atoms with Crippen molar-refractivity contribution < 1.29 is 9.53 Å². The molecule has 0 radical (unpaired) electrons. The van der Waals surface area contributed by atoms with Crippen molar-refractivity contribution in [2.75, 3.05) is 6.61 Å². The smallest absolute Gasteiger partial charge is 0.266 e. The zero-order valence-corrected chi connectivity index (χ0v) is 9.30. The van der Waals surface area contributed by atoms with E-state index in [1.165, 1.54) is 6.42 Å². The van der Waals surface area contributed by atoms with E-state index in [4.69, 9.17) is 10.6 Å². The number of nitrogens with two attached hydrogens (primary N) is 1. The molecular formula is C11H18N2O2. The van der Waals surface area contributed by atoms with Crippen LogP contribution in [0.1, 0.15) is 33.1 Å². The summed E-state index contributed by atoms with van der Waals surface area (Å²) in [5.74, 6) is 5.79. The molecular weight excluding hydrogens is 192 g/mol. The largest absolute Gasteiger partial charge is 0.364 e. The van der Waals surface area contributed by atoms with Gasteiger partial charge < -0.3 is 4.74 Å². The molecule has 3 rings (SSSR count). The lowest BCUT2D eigenvalue weighted by molar-refractivity contribution is -0.155. The highest BCUT2D eigenvalue weighted by Gasteiger charge is 2.78. The molecule has 4 atom stereocenters. The van der Waals surface area contributed by atoms with E-state index >= 15 is 0 Å². The molecule has 4 bridgehead atoms. The summed E-state index contributed by atoms with van der Waals surface area (Å²) in [5.41, 5.74) is 1.81. The quantitative estimate of drug-likeness (QED) is 0.378. The van der Waals surface area contributed by atoms with Gasteiger partial charge in [-0.25, -0.2) is 5.84 Å². The molecule has 1 heterocycles. The highest BCUT2D eigenvalue weighted by molar-refractivity contribution is 5.87. The number of ether oxygens (including phenoxy) is 1. The Morgan fingerprint density at radius 2 is 2.27 bits per heavy atom. The first-order valence-corrected chi connectivity index (χ1v) is 5.65. The molecule has 2 saturated carbocycles. The van der Waals surface area contributed by atoms with E-state index in [-0.39, 0.29) is 16.7 Å². The van der Waals surface area contributed by atoms with Crippen molar-refractivity contribution in [1.29, 1.82) is 0 Å². The Kier molecular flexibility index (Phi) is 1.52. The van der Waals surface area contributed by atoms with E-state index in [0.29, 0.717) is 12.5 Å². The molecule has 0 aromatic rings. The standard InChI is InChI=1S/C11H18N2O2/c1-9-6-15-11(8(14)13-12)5-7(9)3-4-10(9,11)2/h7H,3-6,12H2,1-2H3,(H,13,14)/t7-,9+,10-,11+/m0/s1. The number of hydrazine groups is 1. The van der Waals surface area contributed by atoms with Crippen molar-refractivity contribution in [2.24, 2.45) is 22.6 Å². The van der Waals surface area contributed by atoms with Gasteiger partial charge in [-0.3, -0.25) is 10.2 Å². The average Bonchev–Trinajstić information content (AvgIpc) is 2.70. The van der Waals surface area contributed by atoms with Gasteiger partial charge in [-0.15, -0.1) is 0 Å². The van der Waals surface area contributed by atoms with E-state index in [1.54, 1.807) is 0 Å². The van der Waals surface area contributed by atoms with Crippen molar-refractivity contribution in [1.82, 2.24) is 5.43 Å². The molecule has 2 aliphatic carbocycles. The normalized spacial score (nSPS) is 56.1. The first-order chi connectivity index (χ1) is 7.00. The first kappa shape index (κ1) is 9.60. The Labute approximate surface area is 89.5 Å². The Hall–Kier alpha value is -0.610. The van der Waals surface area contributed by atoms with Crippen LogP contribution < -0.4 is 11.3 Å². The van der Waals surface area contributed by atoms with Crippen LogP contribution in [0.5, 0.6) is 0 Å². The maximum Gasteiger partial charge on any atom is 0.266 e. The third kappa shape index (κ3) is 0.712. The fraction of sp³-hybridized carbons (Fsp3) is 0.909. The molecule has 4 heteroatoms. The van der Waals surface area contributed by atoms with Crippen LogP contribution in [0.25, 0.3) is 0 Å². The van der Waals surface area contributed by atoms with Crippen molar-refractivity contribution in [3.05, 3.63) is 0 Å². The molecule has 3 fully saturated rings. The summed E-state index contributed by atoms with van der Waals surface area (Å²) < 4.78 is 5.84. The van der Waals surface area contributed by atoms with Crippen LogP contribution in [-0.2, 0) is 9.53 Å². The van der Waals surface area contributed by atoms with Crippen LogP contribution in [-0.4, -0.2) is 18.1 Å². The minimum atomic E-state index is -0.639. The topological polar surface area (TPSA) is 64.4 Å². The van der Waals surface area contributed by atoms with Gasteiger partial charge in [0.1, 0.15) is 0 Å². The second kappa shape index (κ2) is 2.38. The summed E-state index contributed by atoms with van der Waals surface area (Å²) in [6, 6.07) is 0. The minimum absolute atomic E-state index is 0.0197. The first-order valence-electron chi connectivity index (χ1n) is 5.65. The molecule has 84 valence electrons. The van der Waals surface area contributed by atoms with Gasteiger partial charge in [0.15, 0.2) is 5.60 Å². The van der Waals surface area contributed by atoms with E-state index in [1.807, 2.05) is 0 Å². The molecule has 0 unspecified atom stereocenters. The van der Waals surface area contributed by atoms with Gasteiger partial charge in [-0.1, -0.05) is 13.8 Å². The SMILES string of the molecule is C[C@@]12CC[C@H]3C[C@]1(C(=O)NN)OC[C@]32C. The zero-order chi connectivity index (χ0) is 10.9. The van der Waals surface area contributed by atoms with Gasteiger partial charge in [-0.2, -0.15) is 0 Å². The monoisotopic (exact) mass is 210 g/mol. The van der Waals surface area contributed by atoms with E-state index in [0.717, 1.165) is 12.8 Å². The van der Waals surface area contributed by atoms with E-state index in [9.17, 15) is 4.79 Å². The molecule has 0 aromatic heterocycles. The molecule has 3 aliphatic rings. The fourth-order valence-electron chi connectivity index (χ4n) is 4.37. The maximum absolute atomic E-state index is 12.0. The summed E-state index contributed by atoms with van der Waals surface area (Å²) >= 11 is 0. The Morgan fingerprint density at radius 3 is 2.80 bits per heavy atom. The number of carbonyl (C=O) groups is 1. The molecule has 1 saturated heterocycles. The number of amides is 1. The molecule has 1 amide bonds. The highest BCUT2D eigenvalue weighted by atomic mass is 16.5. The highest BCUT2D eigenvalue weighted by Crippen LogP contribution is 2.74. The van der Waals surface area contributed by atoms with Gasteiger partial charge in [0.2, 0.25) is 0 Å². The van der Waals surface area contributed by atoms with Crippen LogP contribution in [0.4, 0.5) is 0 Å². The summed E-state index contributed by atoms with van der Waals surface area (Å²) in [5, 5.41) is 0. The van der Waals surface area contributed by atoms with Crippen molar-refractivity contribution >= 4 is 5.91 Å². The van der Waals surface area contributed by atoms with E-state index < -0.39 is 5.60 Å². The molecule has 15 heavy (non-hydrogen) atoms. The molecule has 0 spiro atoms. The summed E-state index contributed by atoms with van der Waals surface area (Å²) in [4.78, 5) is 12.0. The summed E-state index contributed by atoms with van der Waals surface area (Å²) in [7, 11) is 0. The Bertz CT molecular complexity index is 345. The van der Waals surface area contributed by atoms with Gasteiger partial charge in [0, 0.05) is 10.8 Å². The van der Waals surface area contributed by atoms with Gasteiger partial charge in [0.05, 0.1) is 6.61 Å². The average molecular weight is 210 g/mol. The van der Waals surface area contributed by atoms with E-state index in [2.05, 4.69) is 19.3 Å². The maximum atomic E-state index is 12.0. The third-order valence-electron chi connectivity index (χ3n) is 5.70. The predicted octanol–water partition coefficient (Wildman–Crippen LogP) is 0.572. The Morgan fingerprint density at radius 1 is 1.53 bits per heavy atom. The Balaban J connectivity index is 2.12. The lowest BCUT2D eigenvalue weighted by Crippen LogP contribution is -2.56. The second-order valence-electron chi connectivity index (χ2n) is 5.78. The van der Waals surface area contributed by atoms with Crippen LogP contribution in [0.15, 0.2) is 0 Å². The van der Waals surface area contributed by atoms with Gasteiger partial charge >= 0.3 is 0 Å². The number of carbonyl (C=O) groups excluding carboxylic acids is 1. The number of nitrogens with one attached hydrogen (secondary N) is 1.